The van der Waals surface area contributed by atoms with Gasteiger partial charge in [0.1, 0.15) is 6.42 Å². The van der Waals surface area contributed by atoms with E-state index in [4.69, 9.17) is 10.5 Å². The summed E-state index contributed by atoms with van der Waals surface area (Å²) in [4.78, 5) is 21.8. The number of ether oxygens (including phenoxy) is 1. The third kappa shape index (κ3) is 4.39. The summed E-state index contributed by atoms with van der Waals surface area (Å²) < 4.78 is 4.73. The van der Waals surface area contributed by atoms with E-state index in [0.717, 1.165) is 5.56 Å². The Morgan fingerprint density at radius 2 is 1.94 bits per heavy atom. The minimum atomic E-state index is -0.476. The molecule has 0 spiro atoms. The van der Waals surface area contributed by atoms with Gasteiger partial charge in [0, 0.05) is 11.1 Å². The molecule has 0 aromatic heterocycles. The van der Waals surface area contributed by atoms with Crippen LogP contribution in [0.3, 0.4) is 0 Å². The van der Waals surface area contributed by atoms with Gasteiger partial charge in [-0.05, 0) is 31.2 Å². The van der Waals surface area contributed by atoms with Crippen molar-refractivity contribution in [3.05, 3.63) is 35.4 Å². The number of amides is 1. The summed E-state index contributed by atoms with van der Waals surface area (Å²) in [7, 11) is 0. The lowest BCUT2D eigenvalue weighted by Crippen LogP contribution is -2.10. The number of hydrogen-bond acceptors (Lipinski definition) is 3. The molecule has 0 unspecified atom stereocenters. The van der Waals surface area contributed by atoms with Gasteiger partial charge in [0.15, 0.2) is 0 Å². The van der Waals surface area contributed by atoms with Gasteiger partial charge in [-0.3, -0.25) is 9.59 Å². The first kappa shape index (κ1) is 12.8. The lowest BCUT2D eigenvalue weighted by Gasteiger charge is -1.95. The molecule has 88 valence electrons. The number of carbonyl (C=O) groups excluding carboxylic acids is 2. The smallest absolute Gasteiger partial charge is 0.317 e. The molecule has 0 aliphatic carbocycles. The van der Waals surface area contributed by atoms with E-state index >= 15 is 0 Å². The molecule has 0 aliphatic heterocycles. The Bertz CT molecular complexity index is 466. The normalized spacial score (nSPS) is 9.00. The van der Waals surface area contributed by atoms with E-state index in [9.17, 15) is 9.59 Å². The van der Waals surface area contributed by atoms with Crippen molar-refractivity contribution in [3.63, 3.8) is 0 Å². The van der Waals surface area contributed by atoms with Crippen molar-refractivity contribution in [3.8, 4) is 11.8 Å². The van der Waals surface area contributed by atoms with Crippen molar-refractivity contribution < 1.29 is 14.3 Å². The molecule has 4 heteroatoms. The molecular weight excluding hydrogens is 218 g/mol. The minimum Gasteiger partial charge on any atom is -0.465 e. The summed E-state index contributed by atoms with van der Waals surface area (Å²) in [6.45, 7) is 2.10. The van der Waals surface area contributed by atoms with Crippen LogP contribution in [0.2, 0.25) is 0 Å². The van der Waals surface area contributed by atoms with Crippen LogP contribution in [-0.2, 0) is 9.53 Å². The highest BCUT2D eigenvalue weighted by Gasteiger charge is 1.98. The van der Waals surface area contributed by atoms with Crippen molar-refractivity contribution in [1.82, 2.24) is 0 Å². The molecule has 1 aromatic rings. The Kier molecular flexibility index (Phi) is 4.77. The van der Waals surface area contributed by atoms with E-state index in [1.54, 1.807) is 31.2 Å². The Balaban J connectivity index is 2.60. The molecule has 0 saturated carbocycles. The molecule has 0 heterocycles. The molecule has 0 aliphatic rings. The first-order chi connectivity index (χ1) is 8.13. The number of esters is 1. The van der Waals surface area contributed by atoms with Gasteiger partial charge in [0.2, 0.25) is 5.91 Å². The number of nitrogens with two attached hydrogens (primary N) is 1. The molecule has 1 rings (SSSR count). The molecule has 2 N–H and O–H groups in total. The van der Waals surface area contributed by atoms with E-state index in [2.05, 4.69) is 11.8 Å². The molecular formula is C13H13NO3. The predicted molar refractivity (Wildman–Crippen MR) is 63.1 cm³/mol. The number of primary amides is 1. The van der Waals surface area contributed by atoms with Crippen LogP contribution in [0, 0.1) is 11.8 Å². The largest absolute Gasteiger partial charge is 0.465 e. The van der Waals surface area contributed by atoms with Gasteiger partial charge < -0.3 is 10.5 Å². The van der Waals surface area contributed by atoms with E-state index in [1.807, 2.05) is 0 Å². The molecule has 1 amide bonds. The number of benzene rings is 1. The average Bonchev–Trinajstić information content (AvgIpc) is 2.30. The highest BCUT2D eigenvalue weighted by Crippen LogP contribution is 2.02. The molecule has 0 saturated heterocycles. The molecule has 0 radical (unpaired) electrons. The van der Waals surface area contributed by atoms with E-state index in [1.165, 1.54) is 0 Å². The molecule has 1 aromatic carbocycles. The van der Waals surface area contributed by atoms with Crippen LogP contribution < -0.4 is 5.73 Å². The van der Waals surface area contributed by atoms with E-state index < -0.39 is 5.91 Å². The second kappa shape index (κ2) is 6.33. The fourth-order valence-corrected chi connectivity index (χ4v) is 1.15. The lowest BCUT2D eigenvalue weighted by molar-refractivity contribution is -0.141. The molecule has 0 bridgehead atoms. The summed E-state index contributed by atoms with van der Waals surface area (Å²) in [5, 5.41) is 0. The van der Waals surface area contributed by atoms with Crippen molar-refractivity contribution in [2.24, 2.45) is 5.73 Å². The fraction of sp³-hybridized carbons (Fsp3) is 0.231. The zero-order chi connectivity index (χ0) is 12.7. The van der Waals surface area contributed by atoms with E-state index in [-0.39, 0.29) is 12.4 Å². The highest BCUT2D eigenvalue weighted by atomic mass is 16.5. The zero-order valence-electron chi connectivity index (χ0n) is 9.53. The van der Waals surface area contributed by atoms with Gasteiger partial charge >= 0.3 is 5.97 Å². The van der Waals surface area contributed by atoms with Crippen molar-refractivity contribution >= 4 is 11.9 Å². The van der Waals surface area contributed by atoms with Crippen LogP contribution in [-0.4, -0.2) is 18.5 Å². The van der Waals surface area contributed by atoms with E-state index in [0.29, 0.717) is 12.2 Å². The van der Waals surface area contributed by atoms with Crippen LogP contribution in [0.4, 0.5) is 0 Å². The SMILES string of the molecule is CCOC(=O)CC#Cc1ccc(C(N)=O)cc1. The van der Waals surface area contributed by atoms with Gasteiger partial charge in [-0.2, -0.15) is 0 Å². The maximum Gasteiger partial charge on any atom is 0.317 e. The Morgan fingerprint density at radius 3 is 2.47 bits per heavy atom. The van der Waals surface area contributed by atoms with Crippen LogP contribution >= 0.6 is 0 Å². The maximum atomic E-state index is 11.0. The molecule has 4 nitrogen and oxygen atoms in total. The number of carbonyl (C=O) groups is 2. The lowest BCUT2D eigenvalue weighted by atomic mass is 10.1. The zero-order valence-corrected chi connectivity index (χ0v) is 9.53. The molecule has 17 heavy (non-hydrogen) atoms. The van der Waals surface area contributed by atoms with Crippen molar-refractivity contribution in [2.75, 3.05) is 6.61 Å². The first-order valence-electron chi connectivity index (χ1n) is 5.18. The fourth-order valence-electron chi connectivity index (χ4n) is 1.15. The Hall–Kier alpha value is -2.28. The summed E-state index contributed by atoms with van der Waals surface area (Å²) >= 11 is 0. The number of rotatable bonds is 3. The topological polar surface area (TPSA) is 69.4 Å². The molecule has 0 atom stereocenters. The maximum absolute atomic E-state index is 11.0. The summed E-state index contributed by atoms with van der Waals surface area (Å²) in [6, 6.07) is 6.55. The quantitative estimate of drug-likeness (QED) is 0.625. The van der Waals surface area contributed by atoms with Crippen LogP contribution in [0.15, 0.2) is 24.3 Å². The Morgan fingerprint density at radius 1 is 1.29 bits per heavy atom. The van der Waals surface area contributed by atoms with Crippen LogP contribution in [0.25, 0.3) is 0 Å². The predicted octanol–water partition coefficient (Wildman–Crippen LogP) is 1.09. The third-order valence-electron chi connectivity index (χ3n) is 1.94. The summed E-state index contributed by atoms with van der Waals surface area (Å²) in [5.41, 5.74) is 6.25. The second-order valence-electron chi connectivity index (χ2n) is 3.23. The van der Waals surface area contributed by atoms with Crippen LogP contribution in [0.1, 0.15) is 29.3 Å². The standard InChI is InChI=1S/C13H13NO3/c1-2-17-12(15)5-3-4-10-6-8-11(9-7-10)13(14)16/h6-9H,2,5H2,1H3,(H2,14,16). The monoisotopic (exact) mass is 231 g/mol. The number of hydrogen-bond donors (Lipinski definition) is 1. The average molecular weight is 231 g/mol. The van der Waals surface area contributed by atoms with Gasteiger partial charge in [-0.25, -0.2) is 0 Å². The summed E-state index contributed by atoms with van der Waals surface area (Å²) in [5.74, 6) is 4.68. The van der Waals surface area contributed by atoms with Crippen molar-refractivity contribution in [2.45, 2.75) is 13.3 Å². The van der Waals surface area contributed by atoms with Gasteiger partial charge in [0.05, 0.1) is 6.61 Å². The Labute approximate surface area is 99.8 Å². The van der Waals surface area contributed by atoms with Gasteiger partial charge in [-0.15, -0.1) is 0 Å². The highest BCUT2D eigenvalue weighted by molar-refractivity contribution is 5.92. The van der Waals surface area contributed by atoms with Crippen LogP contribution in [0.5, 0.6) is 0 Å². The minimum absolute atomic E-state index is 0.0609. The third-order valence-corrected chi connectivity index (χ3v) is 1.94. The summed E-state index contributed by atoms with van der Waals surface area (Å²) in [6.07, 6.45) is 0.0609. The van der Waals surface area contributed by atoms with Gasteiger partial charge in [0.25, 0.3) is 0 Å². The van der Waals surface area contributed by atoms with Gasteiger partial charge in [-0.1, -0.05) is 11.8 Å². The molecule has 0 fully saturated rings. The second-order valence-corrected chi connectivity index (χ2v) is 3.23. The van der Waals surface area contributed by atoms with Crippen molar-refractivity contribution in [1.29, 1.82) is 0 Å². The first-order valence-corrected chi connectivity index (χ1v) is 5.18.